The Kier molecular flexibility index (Phi) is 4.54. The number of aliphatic carboxylic acids is 1. The summed E-state index contributed by atoms with van der Waals surface area (Å²) in [4.78, 5) is 22.5. The van der Waals surface area contributed by atoms with Crippen LogP contribution in [0.1, 0.15) is 52.9 Å². The molecule has 1 aliphatic carbocycles. The molecule has 1 aliphatic rings. The van der Waals surface area contributed by atoms with E-state index in [4.69, 9.17) is 5.11 Å². The number of rotatable bonds is 5. The predicted octanol–water partition coefficient (Wildman–Crippen LogP) is 2.18. The first-order chi connectivity index (χ1) is 7.78. The number of carbonyl (C=O) groups excluding carboxylic acids is 1. The van der Waals surface area contributed by atoms with Crippen LogP contribution in [0.3, 0.4) is 0 Å². The van der Waals surface area contributed by atoms with Gasteiger partial charge in [-0.25, -0.2) is 0 Å². The van der Waals surface area contributed by atoms with Gasteiger partial charge in [-0.3, -0.25) is 9.59 Å². The third-order valence-corrected chi connectivity index (χ3v) is 3.33. The van der Waals surface area contributed by atoms with E-state index in [1.54, 1.807) is 0 Å². The number of amides is 1. The van der Waals surface area contributed by atoms with E-state index >= 15 is 0 Å². The molecule has 0 saturated heterocycles. The molecule has 17 heavy (non-hydrogen) atoms. The first-order valence-corrected chi connectivity index (χ1v) is 6.30. The van der Waals surface area contributed by atoms with Gasteiger partial charge in [0.2, 0.25) is 5.91 Å². The summed E-state index contributed by atoms with van der Waals surface area (Å²) in [6.07, 6.45) is 3.58. The van der Waals surface area contributed by atoms with Crippen molar-refractivity contribution < 1.29 is 14.7 Å². The molecule has 2 unspecified atom stereocenters. The summed E-state index contributed by atoms with van der Waals surface area (Å²) in [5.74, 6) is -0.181. The molecule has 4 nitrogen and oxygen atoms in total. The van der Waals surface area contributed by atoms with Gasteiger partial charge in [0.15, 0.2) is 0 Å². The second-order valence-electron chi connectivity index (χ2n) is 6.09. The smallest absolute Gasteiger partial charge is 0.303 e. The molecule has 0 aliphatic heterocycles. The number of nitrogens with one attached hydrogen (secondary N) is 1. The van der Waals surface area contributed by atoms with Crippen LogP contribution in [0.15, 0.2) is 0 Å². The van der Waals surface area contributed by atoms with E-state index in [0.29, 0.717) is 5.92 Å². The van der Waals surface area contributed by atoms with Crippen molar-refractivity contribution in [3.63, 3.8) is 0 Å². The first-order valence-electron chi connectivity index (χ1n) is 6.30. The predicted molar refractivity (Wildman–Crippen MR) is 65.6 cm³/mol. The molecular weight excluding hydrogens is 218 g/mol. The van der Waals surface area contributed by atoms with Gasteiger partial charge in [-0.05, 0) is 30.6 Å². The summed E-state index contributed by atoms with van der Waals surface area (Å²) < 4.78 is 0. The molecule has 2 atom stereocenters. The second kappa shape index (κ2) is 5.52. The van der Waals surface area contributed by atoms with Crippen molar-refractivity contribution in [2.45, 2.75) is 58.9 Å². The standard InChI is InChI=1S/C13H23NO3/c1-9-4-5-10(6-9)14-11(15)7-13(2,3)8-12(16)17/h9-10H,4-8H2,1-3H3,(H,14,15)(H,16,17). The van der Waals surface area contributed by atoms with Crippen molar-refractivity contribution in [1.82, 2.24) is 5.32 Å². The highest BCUT2D eigenvalue weighted by Crippen LogP contribution is 2.27. The molecule has 1 saturated carbocycles. The molecule has 98 valence electrons. The van der Waals surface area contributed by atoms with Crippen LogP contribution in [-0.2, 0) is 9.59 Å². The summed E-state index contributed by atoms with van der Waals surface area (Å²) in [5.41, 5.74) is -0.472. The Morgan fingerprint density at radius 2 is 1.94 bits per heavy atom. The highest BCUT2D eigenvalue weighted by atomic mass is 16.4. The maximum Gasteiger partial charge on any atom is 0.303 e. The molecule has 4 heteroatoms. The van der Waals surface area contributed by atoms with Gasteiger partial charge in [0.05, 0.1) is 6.42 Å². The lowest BCUT2D eigenvalue weighted by Crippen LogP contribution is -2.36. The van der Waals surface area contributed by atoms with Crippen LogP contribution in [0.5, 0.6) is 0 Å². The molecule has 0 bridgehead atoms. The van der Waals surface area contributed by atoms with E-state index in [1.807, 2.05) is 13.8 Å². The summed E-state index contributed by atoms with van der Waals surface area (Å²) in [6, 6.07) is 0.290. The van der Waals surface area contributed by atoms with Crippen molar-refractivity contribution in [3.05, 3.63) is 0 Å². The molecule has 0 heterocycles. The fourth-order valence-corrected chi connectivity index (χ4v) is 2.52. The molecule has 0 aromatic heterocycles. The molecule has 1 rings (SSSR count). The lowest BCUT2D eigenvalue weighted by atomic mass is 9.85. The Morgan fingerprint density at radius 3 is 2.41 bits per heavy atom. The minimum Gasteiger partial charge on any atom is -0.481 e. The van der Waals surface area contributed by atoms with E-state index in [0.717, 1.165) is 12.8 Å². The molecule has 0 aromatic rings. The molecule has 1 amide bonds. The topological polar surface area (TPSA) is 66.4 Å². The fourth-order valence-electron chi connectivity index (χ4n) is 2.52. The summed E-state index contributed by atoms with van der Waals surface area (Å²) in [6.45, 7) is 5.83. The second-order valence-corrected chi connectivity index (χ2v) is 6.09. The monoisotopic (exact) mass is 241 g/mol. The Bertz CT molecular complexity index is 299. The fraction of sp³-hybridized carbons (Fsp3) is 0.846. The van der Waals surface area contributed by atoms with Gasteiger partial charge < -0.3 is 10.4 Å². The van der Waals surface area contributed by atoms with Gasteiger partial charge in [-0.1, -0.05) is 20.8 Å². The van der Waals surface area contributed by atoms with E-state index in [9.17, 15) is 9.59 Å². The van der Waals surface area contributed by atoms with Crippen molar-refractivity contribution in [2.75, 3.05) is 0 Å². The van der Waals surface area contributed by atoms with Crippen molar-refractivity contribution in [2.24, 2.45) is 11.3 Å². The Labute approximate surface area is 103 Å². The van der Waals surface area contributed by atoms with E-state index in [-0.39, 0.29) is 24.8 Å². The molecule has 0 aromatic carbocycles. The van der Waals surface area contributed by atoms with Crippen LogP contribution >= 0.6 is 0 Å². The van der Waals surface area contributed by atoms with Crippen LogP contribution in [0.25, 0.3) is 0 Å². The van der Waals surface area contributed by atoms with Gasteiger partial charge in [0.25, 0.3) is 0 Å². The van der Waals surface area contributed by atoms with Crippen molar-refractivity contribution >= 4 is 11.9 Å². The minimum absolute atomic E-state index is 0.0182. The van der Waals surface area contributed by atoms with Gasteiger partial charge >= 0.3 is 5.97 Å². The van der Waals surface area contributed by atoms with E-state index < -0.39 is 11.4 Å². The van der Waals surface area contributed by atoms with Crippen LogP contribution in [0.4, 0.5) is 0 Å². The zero-order valence-electron chi connectivity index (χ0n) is 11.0. The van der Waals surface area contributed by atoms with Crippen LogP contribution < -0.4 is 5.32 Å². The highest BCUT2D eigenvalue weighted by Gasteiger charge is 2.28. The molecule has 0 spiro atoms. The summed E-state index contributed by atoms with van der Waals surface area (Å²) in [7, 11) is 0. The molecule has 2 N–H and O–H groups in total. The molecular formula is C13H23NO3. The molecule has 1 fully saturated rings. The lowest BCUT2D eigenvalue weighted by molar-refractivity contribution is -0.139. The van der Waals surface area contributed by atoms with Gasteiger partial charge in [0, 0.05) is 12.5 Å². The number of carbonyl (C=O) groups is 2. The Balaban J connectivity index is 2.36. The minimum atomic E-state index is -0.850. The largest absolute Gasteiger partial charge is 0.481 e. The summed E-state index contributed by atoms with van der Waals surface area (Å²) >= 11 is 0. The van der Waals surface area contributed by atoms with E-state index in [2.05, 4.69) is 12.2 Å². The number of hydrogen-bond acceptors (Lipinski definition) is 2. The highest BCUT2D eigenvalue weighted by molar-refractivity contribution is 5.78. The quantitative estimate of drug-likeness (QED) is 0.775. The zero-order chi connectivity index (χ0) is 13.1. The van der Waals surface area contributed by atoms with Gasteiger partial charge in [0.1, 0.15) is 0 Å². The number of carboxylic acid groups (broad SMARTS) is 1. The number of carboxylic acids is 1. The SMILES string of the molecule is CC1CCC(NC(=O)CC(C)(C)CC(=O)O)C1. The van der Waals surface area contributed by atoms with Crippen LogP contribution in [-0.4, -0.2) is 23.0 Å². The van der Waals surface area contributed by atoms with E-state index in [1.165, 1.54) is 6.42 Å². The maximum atomic E-state index is 11.8. The normalized spacial score (nSPS) is 24.6. The third kappa shape index (κ3) is 5.20. The molecule has 0 radical (unpaired) electrons. The average Bonchev–Trinajstić information content (AvgIpc) is 2.46. The summed E-state index contributed by atoms with van der Waals surface area (Å²) in [5, 5.41) is 11.8. The maximum absolute atomic E-state index is 11.8. The van der Waals surface area contributed by atoms with Gasteiger partial charge in [-0.2, -0.15) is 0 Å². The Morgan fingerprint density at radius 1 is 1.29 bits per heavy atom. The Hall–Kier alpha value is -1.06. The van der Waals surface area contributed by atoms with Gasteiger partial charge in [-0.15, -0.1) is 0 Å². The van der Waals surface area contributed by atoms with Crippen molar-refractivity contribution in [1.29, 1.82) is 0 Å². The van der Waals surface area contributed by atoms with Crippen LogP contribution in [0.2, 0.25) is 0 Å². The van der Waals surface area contributed by atoms with Crippen LogP contribution in [0, 0.1) is 11.3 Å². The first kappa shape index (κ1) is 14.0. The lowest BCUT2D eigenvalue weighted by Gasteiger charge is -2.23. The van der Waals surface area contributed by atoms with Crippen molar-refractivity contribution in [3.8, 4) is 0 Å². The average molecular weight is 241 g/mol. The zero-order valence-corrected chi connectivity index (χ0v) is 11.0. The number of hydrogen-bond donors (Lipinski definition) is 2. The third-order valence-electron chi connectivity index (χ3n) is 3.33.